The number of hydrogen-bond acceptors (Lipinski definition) is 2. The minimum absolute atomic E-state index is 0.185. The van der Waals surface area contributed by atoms with Crippen LogP contribution in [0.2, 0.25) is 0 Å². The van der Waals surface area contributed by atoms with Gasteiger partial charge in [-0.15, -0.1) is 0 Å². The first-order chi connectivity index (χ1) is 12.8. The molecule has 0 heterocycles. The average Bonchev–Trinajstić information content (AvgIpc) is 2.60. The predicted octanol–water partition coefficient (Wildman–Crippen LogP) is 4.89. The van der Waals surface area contributed by atoms with Crippen LogP contribution in [0.1, 0.15) is 68.2 Å². The van der Waals surface area contributed by atoms with Crippen LogP contribution in [-0.4, -0.2) is 11.8 Å². The Labute approximate surface area is 162 Å². The molecule has 0 aliphatic heterocycles. The van der Waals surface area contributed by atoms with E-state index in [2.05, 4.69) is 38.3 Å². The summed E-state index contributed by atoms with van der Waals surface area (Å²) in [5.74, 6) is 0.0105. The first-order valence-electron chi connectivity index (χ1n) is 9.52. The predicted molar refractivity (Wildman–Crippen MR) is 111 cm³/mol. The number of para-hydroxylation sites is 1. The Morgan fingerprint density at radius 2 is 1.41 bits per heavy atom. The quantitative estimate of drug-likeness (QED) is 0.686. The first-order valence-corrected chi connectivity index (χ1v) is 9.52. The standard InChI is InChI=1S/C23H30N2O2/c1-15(2)19-7-6-8-20(16(3)4)23(19)25-22(27)13-21(26)24-14-18-11-9-17(5)10-12-18/h6-12,15-16H,13-14H2,1-5H3,(H,24,26)(H,25,27). The maximum Gasteiger partial charge on any atom is 0.233 e. The van der Waals surface area contributed by atoms with Crippen LogP contribution in [0.15, 0.2) is 42.5 Å². The summed E-state index contributed by atoms with van der Waals surface area (Å²) in [4.78, 5) is 24.6. The van der Waals surface area contributed by atoms with Crippen LogP contribution in [0.25, 0.3) is 0 Å². The maximum atomic E-state index is 12.5. The fourth-order valence-corrected chi connectivity index (χ4v) is 2.99. The third-order valence-electron chi connectivity index (χ3n) is 4.57. The number of nitrogens with one attached hydrogen (secondary N) is 2. The van der Waals surface area contributed by atoms with Crippen LogP contribution in [-0.2, 0) is 16.1 Å². The van der Waals surface area contributed by atoms with Gasteiger partial charge in [0.05, 0.1) is 0 Å². The Hall–Kier alpha value is -2.62. The summed E-state index contributed by atoms with van der Waals surface area (Å²) < 4.78 is 0. The van der Waals surface area contributed by atoms with E-state index < -0.39 is 0 Å². The zero-order chi connectivity index (χ0) is 20.0. The summed E-state index contributed by atoms with van der Waals surface area (Å²) in [6.45, 7) is 10.8. The third kappa shape index (κ3) is 5.95. The lowest BCUT2D eigenvalue weighted by Crippen LogP contribution is -2.28. The van der Waals surface area contributed by atoms with Crippen molar-refractivity contribution in [2.45, 2.75) is 59.4 Å². The van der Waals surface area contributed by atoms with Gasteiger partial charge in [0.25, 0.3) is 0 Å². The minimum Gasteiger partial charge on any atom is -0.352 e. The lowest BCUT2D eigenvalue weighted by Gasteiger charge is -2.20. The molecule has 4 heteroatoms. The molecule has 2 N–H and O–H groups in total. The summed E-state index contributed by atoms with van der Waals surface area (Å²) in [6, 6.07) is 14.0. The highest BCUT2D eigenvalue weighted by Crippen LogP contribution is 2.32. The van der Waals surface area contributed by atoms with Gasteiger partial charge >= 0.3 is 0 Å². The molecule has 4 nitrogen and oxygen atoms in total. The number of benzene rings is 2. The van der Waals surface area contributed by atoms with E-state index in [4.69, 9.17) is 0 Å². The van der Waals surface area contributed by atoms with Crippen molar-refractivity contribution in [2.24, 2.45) is 0 Å². The molecule has 0 saturated heterocycles. The average molecular weight is 367 g/mol. The van der Waals surface area contributed by atoms with E-state index in [9.17, 15) is 9.59 Å². The number of hydrogen-bond donors (Lipinski definition) is 2. The van der Waals surface area contributed by atoms with Crippen molar-refractivity contribution in [1.29, 1.82) is 0 Å². The largest absolute Gasteiger partial charge is 0.352 e. The summed E-state index contributed by atoms with van der Waals surface area (Å²) in [6.07, 6.45) is -0.185. The van der Waals surface area contributed by atoms with E-state index in [1.54, 1.807) is 0 Å². The van der Waals surface area contributed by atoms with Gasteiger partial charge in [0.2, 0.25) is 11.8 Å². The van der Waals surface area contributed by atoms with Gasteiger partial charge in [0.1, 0.15) is 6.42 Å². The molecule has 0 aromatic heterocycles. The molecule has 27 heavy (non-hydrogen) atoms. The summed E-state index contributed by atoms with van der Waals surface area (Å²) in [5.41, 5.74) is 5.22. The van der Waals surface area contributed by atoms with E-state index in [0.717, 1.165) is 22.4 Å². The number of anilines is 1. The monoisotopic (exact) mass is 366 g/mol. The van der Waals surface area contributed by atoms with E-state index in [1.807, 2.05) is 49.4 Å². The molecule has 2 aromatic rings. The topological polar surface area (TPSA) is 58.2 Å². The molecule has 0 aliphatic rings. The van der Waals surface area contributed by atoms with Crippen molar-refractivity contribution in [3.63, 3.8) is 0 Å². The molecule has 0 aliphatic carbocycles. The van der Waals surface area contributed by atoms with Crippen molar-refractivity contribution in [2.75, 3.05) is 5.32 Å². The van der Waals surface area contributed by atoms with Gasteiger partial charge in [-0.3, -0.25) is 9.59 Å². The molecule has 2 aromatic carbocycles. The van der Waals surface area contributed by atoms with E-state index in [1.165, 1.54) is 5.56 Å². The summed E-state index contributed by atoms with van der Waals surface area (Å²) >= 11 is 0. The molecule has 2 amide bonds. The van der Waals surface area contributed by atoms with Gasteiger partial charge in [-0.2, -0.15) is 0 Å². The molecular formula is C23H30N2O2. The molecule has 0 atom stereocenters. The van der Waals surface area contributed by atoms with Crippen molar-refractivity contribution in [3.8, 4) is 0 Å². The lowest BCUT2D eigenvalue weighted by molar-refractivity contribution is -0.126. The summed E-state index contributed by atoms with van der Waals surface area (Å²) in [7, 11) is 0. The number of rotatable bonds is 7. The summed E-state index contributed by atoms with van der Waals surface area (Å²) in [5, 5.41) is 5.79. The molecule has 0 spiro atoms. The van der Waals surface area contributed by atoms with Gasteiger partial charge in [-0.25, -0.2) is 0 Å². The second-order valence-corrected chi connectivity index (χ2v) is 7.61. The van der Waals surface area contributed by atoms with Gasteiger partial charge in [-0.1, -0.05) is 75.7 Å². The zero-order valence-corrected chi connectivity index (χ0v) is 16.9. The second kappa shape index (κ2) is 9.36. The van der Waals surface area contributed by atoms with Crippen LogP contribution in [0, 0.1) is 6.92 Å². The number of aryl methyl sites for hydroxylation is 1. The zero-order valence-electron chi connectivity index (χ0n) is 16.9. The first kappa shape index (κ1) is 20.7. The molecule has 0 radical (unpaired) electrons. The normalized spacial score (nSPS) is 10.9. The van der Waals surface area contributed by atoms with Gasteiger partial charge < -0.3 is 10.6 Å². The Morgan fingerprint density at radius 3 is 1.93 bits per heavy atom. The third-order valence-corrected chi connectivity index (χ3v) is 4.57. The molecule has 0 unspecified atom stereocenters. The lowest BCUT2D eigenvalue weighted by atomic mass is 9.92. The van der Waals surface area contributed by atoms with Crippen molar-refractivity contribution < 1.29 is 9.59 Å². The Bertz CT molecular complexity index is 766. The fourth-order valence-electron chi connectivity index (χ4n) is 2.99. The van der Waals surface area contributed by atoms with E-state index in [-0.39, 0.29) is 30.1 Å². The SMILES string of the molecule is Cc1ccc(CNC(=O)CC(=O)Nc2c(C(C)C)cccc2C(C)C)cc1. The highest BCUT2D eigenvalue weighted by Gasteiger charge is 2.17. The van der Waals surface area contributed by atoms with Crippen LogP contribution < -0.4 is 10.6 Å². The Balaban J connectivity index is 2.00. The highest BCUT2D eigenvalue weighted by atomic mass is 16.2. The fraction of sp³-hybridized carbons (Fsp3) is 0.391. The van der Waals surface area contributed by atoms with Gasteiger partial charge in [-0.05, 0) is 35.4 Å². The molecule has 0 bridgehead atoms. The molecule has 0 fully saturated rings. The van der Waals surface area contributed by atoms with Crippen LogP contribution >= 0.6 is 0 Å². The minimum atomic E-state index is -0.286. The second-order valence-electron chi connectivity index (χ2n) is 7.61. The van der Waals surface area contributed by atoms with Crippen molar-refractivity contribution in [3.05, 3.63) is 64.7 Å². The maximum absolute atomic E-state index is 12.5. The molecule has 144 valence electrons. The number of carbonyl (C=O) groups is 2. The van der Waals surface area contributed by atoms with Crippen molar-refractivity contribution >= 4 is 17.5 Å². The molecule has 0 saturated carbocycles. The van der Waals surface area contributed by atoms with Crippen LogP contribution in [0.4, 0.5) is 5.69 Å². The van der Waals surface area contributed by atoms with Crippen LogP contribution in [0.3, 0.4) is 0 Å². The molecule has 2 rings (SSSR count). The van der Waals surface area contributed by atoms with Crippen LogP contribution in [0.5, 0.6) is 0 Å². The van der Waals surface area contributed by atoms with E-state index in [0.29, 0.717) is 6.54 Å². The smallest absolute Gasteiger partial charge is 0.233 e. The van der Waals surface area contributed by atoms with Gasteiger partial charge in [0, 0.05) is 12.2 Å². The number of carbonyl (C=O) groups excluding carboxylic acids is 2. The van der Waals surface area contributed by atoms with Crippen molar-refractivity contribution in [1.82, 2.24) is 5.32 Å². The molecular weight excluding hydrogens is 336 g/mol. The Morgan fingerprint density at radius 1 is 0.852 bits per heavy atom. The van der Waals surface area contributed by atoms with Gasteiger partial charge in [0.15, 0.2) is 0 Å². The highest BCUT2D eigenvalue weighted by molar-refractivity contribution is 6.04. The Kier molecular flexibility index (Phi) is 7.17. The van der Waals surface area contributed by atoms with E-state index >= 15 is 0 Å². The number of amides is 2.